The van der Waals surface area contributed by atoms with Gasteiger partial charge in [0.2, 0.25) is 0 Å². The van der Waals surface area contributed by atoms with Gasteiger partial charge in [-0.25, -0.2) is 13.2 Å². The second-order valence-corrected chi connectivity index (χ2v) is 5.12. The van der Waals surface area contributed by atoms with Crippen LogP contribution in [0.1, 0.15) is 18.1 Å². The average molecular weight is 295 g/mol. The van der Waals surface area contributed by atoms with E-state index in [0.29, 0.717) is 5.56 Å². The van der Waals surface area contributed by atoms with Gasteiger partial charge in [0.05, 0.1) is 5.60 Å². The Balaban J connectivity index is 1.98. The van der Waals surface area contributed by atoms with Crippen LogP contribution in [0, 0.1) is 17.5 Å². The van der Waals surface area contributed by atoms with E-state index < -0.39 is 17.2 Å². The van der Waals surface area contributed by atoms with E-state index >= 15 is 0 Å². The van der Waals surface area contributed by atoms with Gasteiger partial charge in [0.15, 0.2) is 0 Å². The molecule has 2 nitrogen and oxygen atoms in total. The van der Waals surface area contributed by atoms with E-state index in [2.05, 4.69) is 5.32 Å². The molecule has 0 fully saturated rings. The largest absolute Gasteiger partial charge is 0.384 e. The molecule has 5 heteroatoms. The number of aliphatic hydroxyl groups is 1. The maximum atomic E-state index is 13.4. The Hall–Kier alpha value is -1.85. The molecule has 0 saturated heterocycles. The van der Waals surface area contributed by atoms with E-state index in [1.165, 1.54) is 24.3 Å². The molecule has 0 aromatic heterocycles. The van der Waals surface area contributed by atoms with E-state index in [1.807, 2.05) is 0 Å². The highest BCUT2D eigenvalue weighted by atomic mass is 19.1. The number of hydrogen-bond donors (Lipinski definition) is 2. The topological polar surface area (TPSA) is 32.3 Å². The SMILES string of the molecule is CC(O)(CNCc1cc(F)ccc1F)c1ccc(F)cc1. The first-order valence-corrected chi connectivity index (χ1v) is 6.51. The van der Waals surface area contributed by atoms with Gasteiger partial charge in [0.25, 0.3) is 0 Å². The molecule has 2 N–H and O–H groups in total. The second-order valence-electron chi connectivity index (χ2n) is 5.12. The van der Waals surface area contributed by atoms with Crippen molar-refractivity contribution in [2.75, 3.05) is 6.54 Å². The van der Waals surface area contributed by atoms with Crippen molar-refractivity contribution in [3.63, 3.8) is 0 Å². The first-order valence-electron chi connectivity index (χ1n) is 6.51. The molecule has 112 valence electrons. The van der Waals surface area contributed by atoms with Crippen LogP contribution in [-0.2, 0) is 12.1 Å². The van der Waals surface area contributed by atoms with Crippen LogP contribution in [0.25, 0.3) is 0 Å². The Kier molecular flexibility index (Phi) is 4.65. The number of halogens is 3. The second kappa shape index (κ2) is 6.28. The summed E-state index contributed by atoms with van der Waals surface area (Å²) in [6.45, 7) is 1.77. The lowest BCUT2D eigenvalue weighted by Gasteiger charge is -2.24. The zero-order chi connectivity index (χ0) is 15.5. The Morgan fingerprint density at radius 3 is 2.29 bits per heavy atom. The maximum absolute atomic E-state index is 13.4. The highest BCUT2D eigenvalue weighted by Gasteiger charge is 2.22. The molecule has 0 aliphatic heterocycles. The van der Waals surface area contributed by atoms with Gasteiger partial charge in [-0.2, -0.15) is 0 Å². The maximum Gasteiger partial charge on any atom is 0.127 e. The molecule has 21 heavy (non-hydrogen) atoms. The van der Waals surface area contributed by atoms with E-state index in [-0.39, 0.29) is 24.5 Å². The van der Waals surface area contributed by atoms with Crippen LogP contribution in [-0.4, -0.2) is 11.7 Å². The lowest BCUT2D eigenvalue weighted by molar-refractivity contribution is 0.0565. The molecule has 0 bridgehead atoms. The predicted octanol–water partition coefficient (Wildman–Crippen LogP) is 3.10. The van der Waals surface area contributed by atoms with Gasteiger partial charge in [-0.05, 0) is 42.8 Å². The van der Waals surface area contributed by atoms with Gasteiger partial charge in [-0.3, -0.25) is 0 Å². The molecule has 1 atom stereocenters. The molecule has 2 aromatic carbocycles. The number of rotatable bonds is 5. The van der Waals surface area contributed by atoms with Crippen molar-refractivity contribution in [2.24, 2.45) is 0 Å². The minimum Gasteiger partial charge on any atom is -0.384 e. The molecular formula is C16H16F3NO. The zero-order valence-electron chi connectivity index (χ0n) is 11.5. The average Bonchev–Trinajstić information content (AvgIpc) is 2.43. The summed E-state index contributed by atoms with van der Waals surface area (Å²) in [5.41, 5.74) is -0.515. The fourth-order valence-electron chi connectivity index (χ4n) is 2.03. The Bertz CT molecular complexity index is 611. The lowest BCUT2D eigenvalue weighted by Crippen LogP contribution is -2.35. The van der Waals surface area contributed by atoms with Crippen molar-refractivity contribution in [1.82, 2.24) is 5.32 Å². The van der Waals surface area contributed by atoms with Gasteiger partial charge in [0.1, 0.15) is 17.5 Å². The molecule has 0 aliphatic carbocycles. The Morgan fingerprint density at radius 2 is 1.62 bits per heavy atom. The number of nitrogens with one attached hydrogen (secondary N) is 1. The Morgan fingerprint density at radius 1 is 1.00 bits per heavy atom. The highest BCUT2D eigenvalue weighted by Crippen LogP contribution is 2.20. The van der Waals surface area contributed by atoms with Gasteiger partial charge < -0.3 is 10.4 Å². The summed E-state index contributed by atoms with van der Waals surface area (Å²) in [5, 5.41) is 13.2. The van der Waals surface area contributed by atoms with Crippen LogP contribution < -0.4 is 5.32 Å². The molecule has 1 unspecified atom stereocenters. The van der Waals surface area contributed by atoms with Crippen molar-refractivity contribution in [1.29, 1.82) is 0 Å². The Labute approximate surface area is 121 Å². The van der Waals surface area contributed by atoms with Crippen LogP contribution >= 0.6 is 0 Å². The summed E-state index contributed by atoms with van der Waals surface area (Å²) < 4.78 is 39.3. The van der Waals surface area contributed by atoms with E-state index in [1.54, 1.807) is 6.92 Å². The normalized spacial score (nSPS) is 14.0. The third-order valence-corrected chi connectivity index (χ3v) is 3.26. The van der Waals surface area contributed by atoms with Gasteiger partial charge in [-0.1, -0.05) is 12.1 Å². The third-order valence-electron chi connectivity index (χ3n) is 3.26. The smallest absolute Gasteiger partial charge is 0.127 e. The molecule has 0 spiro atoms. The van der Waals surface area contributed by atoms with Crippen molar-refractivity contribution < 1.29 is 18.3 Å². The highest BCUT2D eigenvalue weighted by molar-refractivity contribution is 5.23. The predicted molar refractivity (Wildman–Crippen MR) is 74.0 cm³/mol. The summed E-state index contributed by atoms with van der Waals surface area (Å²) in [5.74, 6) is -1.41. The molecule has 0 amide bonds. The zero-order valence-corrected chi connectivity index (χ0v) is 11.5. The first kappa shape index (κ1) is 15.5. The standard InChI is InChI=1S/C16H16F3NO/c1-16(21,12-2-4-13(17)5-3-12)10-20-9-11-8-14(18)6-7-15(11)19/h2-8,20-21H,9-10H2,1H3. The van der Waals surface area contributed by atoms with Crippen LogP contribution in [0.5, 0.6) is 0 Å². The summed E-state index contributed by atoms with van der Waals surface area (Å²) in [7, 11) is 0. The minimum absolute atomic E-state index is 0.0843. The van der Waals surface area contributed by atoms with Gasteiger partial charge in [0, 0.05) is 18.7 Å². The van der Waals surface area contributed by atoms with E-state index in [4.69, 9.17) is 0 Å². The van der Waals surface area contributed by atoms with Crippen LogP contribution in [0.3, 0.4) is 0 Å². The first-order chi connectivity index (χ1) is 9.88. The number of hydrogen-bond acceptors (Lipinski definition) is 2. The minimum atomic E-state index is -1.24. The summed E-state index contributed by atoms with van der Waals surface area (Å²) in [6, 6.07) is 8.71. The molecule has 2 rings (SSSR count). The molecule has 0 aliphatic rings. The fraction of sp³-hybridized carbons (Fsp3) is 0.250. The van der Waals surface area contributed by atoms with Crippen molar-refractivity contribution >= 4 is 0 Å². The van der Waals surface area contributed by atoms with Crippen molar-refractivity contribution in [3.05, 3.63) is 71.0 Å². The van der Waals surface area contributed by atoms with E-state index in [0.717, 1.165) is 18.2 Å². The summed E-state index contributed by atoms with van der Waals surface area (Å²) in [6.07, 6.45) is 0. The monoisotopic (exact) mass is 295 g/mol. The third kappa shape index (κ3) is 4.06. The summed E-state index contributed by atoms with van der Waals surface area (Å²) >= 11 is 0. The molecule has 2 aromatic rings. The van der Waals surface area contributed by atoms with Gasteiger partial charge >= 0.3 is 0 Å². The quantitative estimate of drug-likeness (QED) is 0.888. The van der Waals surface area contributed by atoms with Crippen LogP contribution in [0.4, 0.5) is 13.2 Å². The van der Waals surface area contributed by atoms with E-state index in [9.17, 15) is 18.3 Å². The van der Waals surface area contributed by atoms with Gasteiger partial charge in [-0.15, -0.1) is 0 Å². The van der Waals surface area contributed by atoms with Crippen molar-refractivity contribution in [2.45, 2.75) is 19.1 Å². The molecular weight excluding hydrogens is 279 g/mol. The van der Waals surface area contributed by atoms with Crippen LogP contribution in [0.2, 0.25) is 0 Å². The molecule has 0 saturated carbocycles. The van der Waals surface area contributed by atoms with Crippen LogP contribution in [0.15, 0.2) is 42.5 Å². The molecule has 0 heterocycles. The number of benzene rings is 2. The fourth-order valence-corrected chi connectivity index (χ4v) is 2.03. The lowest BCUT2D eigenvalue weighted by atomic mass is 9.96. The molecule has 0 radical (unpaired) electrons. The van der Waals surface area contributed by atoms with Crippen molar-refractivity contribution in [3.8, 4) is 0 Å². The summed E-state index contributed by atoms with van der Waals surface area (Å²) in [4.78, 5) is 0.